The zero-order chi connectivity index (χ0) is 9.52. The van der Waals surface area contributed by atoms with Crippen molar-refractivity contribution in [3.05, 3.63) is 18.0 Å². The molecule has 0 aromatic carbocycles. The van der Waals surface area contributed by atoms with Crippen LogP contribution in [0.15, 0.2) is 12.3 Å². The van der Waals surface area contributed by atoms with Crippen molar-refractivity contribution in [2.75, 3.05) is 6.61 Å². The standard InChI is InChI=1S/C10H18N2O/c1-3-5-8-13-9-10-6-7-11-12(10)4-2/h6-7H,3-5,8-9H2,1-2H3. The zero-order valence-corrected chi connectivity index (χ0v) is 8.49. The van der Waals surface area contributed by atoms with E-state index < -0.39 is 0 Å². The summed E-state index contributed by atoms with van der Waals surface area (Å²) < 4.78 is 7.46. The molecule has 1 aromatic heterocycles. The van der Waals surface area contributed by atoms with Gasteiger partial charge in [0.05, 0.1) is 12.3 Å². The van der Waals surface area contributed by atoms with E-state index >= 15 is 0 Å². The van der Waals surface area contributed by atoms with Gasteiger partial charge < -0.3 is 4.74 Å². The summed E-state index contributed by atoms with van der Waals surface area (Å²) in [5.74, 6) is 0. The van der Waals surface area contributed by atoms with Crippen LogP contribution < -0.4 is 0 Å². The molecule has 0 aliphatic heterocycles. The number of unbranched alkanes of at least 4 members (excludes halogenated alkanes) is 1. The average Bonchev–Trinajstić information content (AvgIpc) is 2.60. The quantitative estimate of drug-likeness (QED) is 0.631. The van der Waals surface area contributed by atoms with Gasteiger partial charge >= 0.3 is 0 Å². The van der Waals surface area contributed by atoms with Crippen LogP contribution in [0.5, 0.6) is 0 Å². The summed E-state index contributed by atoms with van der Waals surface area (Å²) >= 11 is 0. The van der Waals surface area contributed by atoms with E-state index in [4.69, 9.17) is 4.74 Å². The molecule has 13 heavy (non-hydrogen) atoms. The van der Waals surface area contributed by atoms with Crippen LogP contribution in [-0.2, 0) is 17.9 Å². The lowest BCUT2D eigenvalue weighted by molar-refractivity contribution is 0.112. The van der Waals surface area contributed by atoms with Gasteiger partial charge in [0.25, 0.3) is 0 Å². The number of ether oxygens (including phenoxy) is 1. The molecule has 0 aliphatic rings. The van der Waals surface area contributed by atoms with E-state index in [2.05, 4.69) is 18.9 Å². The molecule has 0 spiro atoms. The third kappa shape index (κ3) is 3.19. The molecule has 1 heterocycles. The van der Waals surface area contributed by atoms with Crippen molar-refractivity contribution in [1.29, 1.82) is 0 Å². The van der Waals surface area contributed by atoms with Crippen LogP contribution in [0.4, 0.5) is 0 Å². The second-order valence-electron chi connectivity index (χ2n) is 3.04. The van der Waals surface area contributed by atoms with E-state index in [1.807, 2.05) is 16.9 Å². The topological polar surface area (TPSA) is 27.1 Å². The summed E-state index contributed by atoms with van der Waals surface area (Å²) in [6.07, 6.45) is 4.15. The third-order valence-electron chi connectivity index (χ3n) is 2.00. The third-order valence-corrected chi connectivity index (χ3v) is 2.00. The van der Waals surface area contributed by atoms with E-state index in [0.29, 0.717) is 6.61 Å². The number of aryl methyl sites for hydroxylation is 1. The van der Waals surface area contributed by atoms with E-state index in [1.165, 1.54) is 12.1 Å². The summed E-state index contributed by atoms with van der Waals surface area (Å²) in [6.45, 7) is 6.71. The lowest BCUT2D eigenvalue weighted by atomic mass is 10.4. The highest BCUT2D eigenvalue weighted by Gasteiger charge is 1.99. The Labute approximate surface area is 79.7 Å². The molecule has 0 bridgehead atoms. The highest BCUT2D eigenvalue weighted by Crippen LogP contribution is 2.01. The summed E-state index contributed by atoms with van der Waals surface area (Å²) in [4.78, 5) is 0. The molecule has 1 aromatic rings. The van der Waals surface area contributed by atoms with E-state index in [9.17, 15) is 0 Å². The lowest BCUT2D eigenvalue weighted by Crippen LogP contribution is -2.04. The van der Waals surface area contributed by atoms with Gasteiger partial charge in [0.2, 0.25) is 0 Å². The predicted octanol–water partition coefficient (Wildman–Crippen LogP) is 2.22. The van der Waals surface area contributed by atoms with Crippen molar-refractivity contribution in [3.8, 4) is 0 Å². The Bertz CT molecular complexity index is 233. The normalized spacial score (nSPS) is 10.6. The maximum absolute atomic E-state index is 5.50. The highest BCUT2D eigenvalue weighted by atomic mass is 16.5. The average molecular weight is 182 g/mol. The molecule has 0 N–H and O–H groups in total. The monoisotopic (exact) mass is 182 g/mol. The van der Waals surface area contributed by atoms with Crippen molar-refractivity contribution in [2.24, 2.45) is 0 Å². The van der Waals surface area contributed by atoms with Crippen molar-refractivity contribution < 1.29 is 4.74 Å². The van der Waals surface area contributed by atoms with E-state index in [1.54, 1.807) is 0 Å². The van der Waals surface area contributed by atoms with Gasteiger partial charge in [0.15, 0.2) is 0 Å². The van der Waals surface area contributed by atoms with Crippen molar-refractivity contribution in [1.82, 2.24) is 9.78 Å². The molecule has 3 heteroatoms. The van der Waals surface area contributed by atoms with E-state index in [0.717, 1.165) is 19.6 Å². The van der Waals surface area contributed by atoms with E-state index in [-0.39, 0.29) is 0 Å². The molecular weight excluding hydrogens is 164 g/mol. The minimum absolute atomic E-state index is 0.688. The number of hydrogen-bond donors (Lipinski definition) is 0. The van der Waals surface area contributed by atoms with Crippen LogP contribution in [0.3, 0.4) is 0 Å². The summed E-state index contributed by atoms with van der Waals surface area (Å²) in [7, 11) is 0. The molecule has 1 rings (SSSR count). The molecule has 0 unspecified atom stereocenters. The molecule has 0 saturated carbocycles. The molecule has 0 atom stereocenters. The molecule has 0 saturated heterocycles. The van der Waals surface area contributed by atoms with Gasteiger partial charge in [-0.05, 0) is 19.4 Å². The Morgan fingerprint density at radius 3 is 3.00 bits per heavy atom. The SMILES string of the molecule is CCCCOCc1ccnn1CC. The fourth-order valence-corrected chi connectivity index (χ4v) is 1.19. The molecule has 74 valence electrons. The van der Waals surface area contributed by atoms with Gasteiger partial charge in [0.1, 0.15) is 0 Å². The van der Waals surface area contributed by atoms with Crippen LogP contribution in [0, 0.1) is 0 Å². The van der Waals surface area contributed by atoms with Crippen LogP contribution in [-0.4, -0.2) is 16.4 Å². The van der Waals surface area contributed by atoms with Gasteiger partial charge in [-0.25, -0.2) is 0 Å². The maximum atomic E-state index is 5.50. The molecule has 0 amide bonds. The van der Waals surface area contributed by atoms with Crippen LogP contribution in [0.1, 0.15) is 32.4 Å². The Morgan fingerprint density at radius 2 is 2.31 bits per heavy atom. The summed E-state index contributed by atoms with van der Waals surface area (Å²) in [5.41, 5.74) is 1.17. The first-order valence-electron chi connectivity index (χ1n) is 4.97. The lowest BCUT2D eigenvalue weighted by Gasteiger charge is -2.05. The molecule has 3 nitrogen and oxygen atoms in total. The smallest absolute Gasteiger partial charge is 0.0884 e. The van der Waals surface area contributed by atoms with Crippen molar-refractivity contribution in [2.45, 2.75) is 39.8 Å². The van der Waals surface area contributed by atoms with Crippen molar-refractivity contribution >= 4 is 0 Å². The fourth-order valence-electron chi connectivity index (χ4n) is 1.19. The molecular formula is C10H18N2O. The summed E-state index contributed by atoms with van der Waals surface area (Å²) in [6, 6.07) is 2.01. The summed E-state index contributed by atoms with van der Waals surface area (Å²) in [5, 5.41) is 4.17. The number of hydrogen-bond acceptors (Lipinski definition) is 2. The second-order valence-corrected chi connectivity index (χ2v) is 3.04. The Kier molecular flexibility index (Phi) is 4.54. The van der Waals surface area contributed by atoms with Gasteiger partial charge in [0, 0.05) is 19.3 Å². The predicted molar refractivity (Wildman–Crippen MR) is 52.5 cm³/mol. The number of nitrogens with zero attached hydrogens (tertiary/aromatic N) is 2. The molecule has 0 radical (unpaired) electrons. The Hall–Kier alpha value is -0.830. The molecule has 0 aliphatic carbocycles. The minimum atomic E-state index is 0.688. The van der Waals surface area contributed by atoms with Crippen LogP contribution >= 0.6 is 0 Å². The highest BCUT2D eigenvalue weighted by molar-refractivity contribution is 4.98. The number of rotatable bonds is 6. The second kappa shape index (κ2) is 5.75. The first-order chi connectivity index (χ1) is 6.38. The molecule has 0 fully saturated rings. The Morgan fingerprint density at radius 1 is 1.46 bits per heavy atom. The van der Waals surface area contributed by atoms with Gasteiger partial charge in [-0.15, -0.1) is 0 Å². The maximum Gasteiger partial charge on any atom is 0.0884 e. The number of aromatic nitrogens is 2. The fraction of sp³-hybridized carbons (Fsp3) is 0.700. The first-order valence-corrected chi connectivity index (χ1v) is 4.97. The first kappa shape index (κ1) is 10.3. The zero-order valence-electron chi connectivity index (χ0n) is 8.49. The largest absolute Gasteiger partial charge is 0.375 e. The Balaban J connectivity index is 2.27. The van der Waals surface area contributed by atoms with Crippen LogP contribution in [0.2, 0.25) is 0 Å². The van der Waals surface area contributed by atoms with Crippen LogP contribution in [0.25, 0.3) is 0 Å². The minimum Gasteiger partial charge on any atom is -0.375 e. The van der Waals surface area contributed by atoms with Gasteiger partial charge in [-0.1, -0.05) is 13.3 Å². The van der Waals surface area contributed by atoms with Gasteiger partial charge in [-0.2, -0.15) is 5.10 Å². The van der Waals surface area contributed by atoms with Crippen molar-refractivity contribution in [3.63, 3.8) is 0 Å². The van der Waals surface area contributed by atoms with Gasteiger partial charge in [-0.3, -0.25) is 4.68 Å².